The highest BCUT2D eigenvalue weighted by Gasteiger charge is 2.06. The lowest BCUT2D eigenvalue weighted by Gasteiger charge is -2.10. The average molecular weight is 284 g/mol. The van der Waals surface area contributed by atoms with Crippen LogP contribution in [0.25, 0.3) is 0 Å². The van der Waals surface area contributed by atoms with Crippen molar-refractivity contribution in [1.82, 2.24) is 0 Å². The normalized spacial score (nSPS) is 10.2. The summed E-state index contributed by atoms with van der Waals surface area (Å²) in [7, 11) is 1.56. The molecule has 0 atom stereocenters. The van der Waals surface area contributed by atoms with E-state index in [0.29, 0.717) is 33.0 Å². The highest BCUT2D eigenvalue weighted by molar-refractivity contribution is 6.35. The van der Waals surface area contributed by atoms with E-state index >= 15 is 0 Å². The Morgan fingerprint density at radius 2 is 1.72 bits per heavy atom. The second-order valence-electron chi connectivity index (χ2n) is 3.62. The molecule has 0 aliphatic carbocycles. The molecule has 0 spiro atoms. The maximum absolute atomic E-state index is 6.02. The van der Waals surface area contributed by atoms with Crippen molar-refractivity contribution in [2.24, 2.45) is 0 Å². The SMILES string of the molecule is COc1cc(N)cc(Oc2ccc(Cl)cc2Cl)c1. The molecule has 5 heteroatoms. The topological polar surface area (TPSA) is 44.5 Å². The van der Waals surface area contributed by atoms with Crippen molar-refractivity contribution in [3.05, 3.63) is 46.4 Å². The van der Waals surface area contributed by atoms with Gasteiger partial charge in [-0.1, -0.05) is 23.2 Å². The first-order valence-corrected chi connectivity index (χ1v) is 5.91. The Morgan fingerprint density at radius 3 is 2.39 bits per heavy atom. The number of ether oxygens (including phenoxy) is 2. The number of hydrogen-bond donors (Lipinski definition) is 1. The van der Waals surface area contributed by atoms with E-state index in [4.69, 9.17) is 38.4 Å². The van der Waals surface area contributed by atoms with Gasteiger partial charge in [-0.3, -0.25) is 0 Å². The summed E-state index contributed by atoms with van der Waals surface area (Å²) in [5.41, 5.74) is 6.29. The van der Waals surface area contributed by atoms with Crippen LogP contribution in [0.5, 0.6) is 17.2 Å². The van der Waals surface area contributed by atoms with Gasteiger partial charge in [-0.25, -0.2) is 0 Å². The Hall–Kier alpha value is -1.58. The first kappa shape index (κ1) is 12.9. The third kappa shape index (κ3) is 3.00. The number of methoxy groups -OCH3 is 1. The third-order valence-corrected chi connectivity index (χ3v) is 2.79. The summed E-state index contributed by atoms with van der Waals surface area (Å²) < 4.78 is 10.7. The van der Waals surface area contributed by atoms with Gasteiger partial charge in [0.1, 0.15) is 17.2 Å². The van der Waals surface area contributed by atoms with E-state index in [1.165, 1.54) is 0 Å². The summed E-state index contributed by atoms with van der Waals surface area (Å²) >= 11 is 11.8. The quantitative estimate of drug-likeness (QED) is 0.851. The van der Waals surface area contributed by atoms with Gasteiger partial charge in [0.05, 0.1) is 12.1 Å². The molecule has 0 heterocycles. The molecule has 2 aromatic carbocycles. The Morgan fingerprint density at radius 1 is 1.00 bits per heavy atom. The second-order valence-corrected chi connectivity index (χ2v) is 4.46. The van der Waals surface area contributed by atoms with Crippen molar-refractivity contribution in [2.75, 3.05) is 12.8 Å². The van der Waals surface area contributed by atoms with Crippen LogP contribution in [-0.4, -0.2) is 7.11 Å². The largest absolute Gasteiger partial charge is 0.497 e. The van der Waals surface area contributed by atoms with Crippen LogP contribution >= 0.6 is 23.2 Å². The molecule has 0 unspecified atom stereocenters. The van der Waals surface area contributed by atoms with Crippen molar-refractivity contribution in [1.29, 1.82) is 0 Å². The number of nitrogen functional groups attached to an aromatic ring is 1. The molecule has 18 heavy (non-hydrogen) atoms. The maximum atomic E-state index is 6.02. The molecule has 0 bridgehead atoms. The van der Waals surface area contributed by atoms with Crippen molar-refractivity contribution < 1.29 is 9.47 Å². The molecule has 94 valence electrons. The summed E-state index contributed by atoms with van der Waals surface area (Å²) in [5, 5.41) is 0.987. The second kappa shape index (κ2) is 5.38. The van der Waals surface area contributed by atoms with Crippen molar-refractivity contribution >= 4 is 28.9 Å². The van der Waals surface area contributed by atoms with Gasteiger partial charge in [-0.2, -0.15) is 0 Å². The molecule has 0 aromatic heterocycles. The minimum absolute atomic E-state index is 0.434. The summed E-state index contributed by atoms with van der Waals surface area (Å²) in [6, 6.07) is 10.1. The predicted molar refractivity (Wildman–Crippen MR) is 73.9 cm³/mol. The fraction of sp³-hybridized carbons (Fsp3) is 0.0769. The number of rotatable bonds is 3. The minimum atomic E-state index is 0.434. The van der Waals surface area contributed by atoms with E-state index < -0.39 is 0 Å². The summed E-state index contributed by atoms with van der Waals surface area (Å²) in [4.78, 5) is 0. The van der Waals surface area contributed by atoms with E-state index in [1.54, 1.807) is 43.5 Å². The van der Waals surface area contributed by atoms with Crippen molar-refractivity contribution in [2.45, 2.75) is 0 Å². The highest BCUT2D eigenvalue weighted by atomic mass is 35.5. The van der Waals surface area contributed by atoms with E-state index in [0.717, 1.165) is 0 Å². The Bertz CT molecular complexity index is 573. The Labute approximate surface area is 115 Å². The molecule has 0 radical (unpaired) electrons. The fourth-order valence-corrected chi connectivity index (χ4v) is 1.90. The lowest BCUT2D eigenvalue weighted by atomic mass is 10.3. The zero-order chi connectivity index (χ0) is 13.1. The van der Waals surface area contributed by atoms with Crippen molar-refractivity contribution in [3.63, 3.8) is 0 Å². The van der Waals surface area contributed by atoms with Gasteiger partial charge in [0.15, 0.2) is 0 Å². The molecule has 2 N–H and O–H groups in total. The monoisotopic (exact) mass is 283 g/mol. The molecule has 0 aliphatic heterocycles. The van der Waals surface area contributed by atoms with Gasteiger partial charge < -0.3 is 15.2 Å². The van der Waals surface area contributed by atoms with Crippen LogP contribution in [0.4, 0.5) is 5.69 Å². The predicted octanol–water partition coefficient (Wildman–Crippen LogP) is 4.38. The number of anilines is 1. The van der Waals surface area contributed by atoms with Crippen LogP contribution in [0.2, 0.25) is 10.0 Å². The van der Waals surface area contributed by atoms with E-state index in [9.17, 15) is 0 Å². The average Bonchev–Trinajstić information content (AvgIpc) is 2.32. The van der Waals surface area contributed by atoms with E-state index in [2.05, 4.69) is 0 Å². The zero-order valence-electron chi connectivity index (χ0n) is 9.61. The van der Waals surface area contributed by atoms with Crippen LogP contribution < -0.4 is 15.2 Å². The molecule has 0 fully saturated rings. The Kier molecular flexibility index (Phi) is 3.84. The van der Waals surface area contributed by atoms with Gasteiger partial charge in [-0.15, -0.1) is 0 Å². The smallest absolute Gasteiger partial charge is 0.146 e. The molecule has 2 rings (SSSR count). The lowest BCUT2D eigenvalue weighted by Crippen LogP contribution is -1.91. The number of benzene rings is 2. The van der Waals surface area contributed by atoms with Gasteiger partial charge in [-0.05, 0) is 18.2 Å². The maximum Gasteiger partial charge on any atom is 0.146 e. The molecule has 2 aromatic rings. The summed E-state index contributed by atoms with van der Waals surface area (Å²) in [5.74, 6) is 1.68. The van der Waals surface area contributed by atoms with Crippen LogP contribution in [-0.2, 0) is 0 Å². The number of halogens is 2. The number of hydrogen-bond acceptors (Lipinski definition) is 3. The minimum Gasteiger partial charge on any atom is -0.497 e. The van der Waals surface area contributed by atoms with E-state index in [1.807, 2.05) is 0 Å². The van der Waals surface area contributed by atoms with Crippen molar-refractivity contribution in [3.8, 4) is 17.2 Å². The standard InChI is InChI=1S/C13H11Cl2NO2/c1-17-10-5-9(16)6-11(7-10)18-13-3-2-8(14)4-12(13)15/h2-7H,16H2,1H3. The molecular formula is C13H11Cl2NO2. The van der Waals surface area contributed by atoms with Gasteiger partial charge in [0.25, 0.3) is 0 Å². The number of nitrogens with two attached hydrogens (primary N) is 1. The zero-order valence-corrected chi connectivity index (χ0v) is 11.1. The molecule has 0 aliphatic rings. The van der Waals surface area contributed by atoms with E-state index in [-0.39, 0.29) is 0 Å². The summed E-state index contributed by atoms with van der Waals surface area (Å²) in [6.45, 7) is 0. The molecular weight excluding hydrogens is 273 g/mol. The van der Waals surface area contributed by atoms with Gasteiger partial charge >= 0.3 is 0 Å². The molecule has 0 amide bonds. The van der Waals surface area contributed by atoms with Gasteiger partial charge in [0, 0.05) is 28.9 Å². The first-order valence-electron chi connectivity index (χ1n) is 5.16. The van der Waals surface area contributed by atoms with Crippen LogP contribution in [0.15, 0.2) is 36.4 Å². The van der Waals surface area contributed by atoms with Crippen LogP contribution in [0.3, 0.4) is 0 Å². The molecule has 3 nitrogen and oxygen atoms in total. The van der Waals surface area contributed by atoms with Crippen LogP contribution in [0.1, 0.15) is 0 Å². The molecule has 0 saturated heterocycles. The fourth-order valence-electron chi connectivity index (χ4n) is 1.46. The molecule has 0 saturated carbocycles. The van der Waals surface area contributed by atoms with Gasteiger partial charge in [0.2, 0.25) is 0 Å². The lowest BCUT2D eigenvalue weighted by molar-refractivity contribution is 0.409. The first-order chi connectivity index (χ1) is 8.58. The van der Waals surface area contributed by atoms with Crippen LogP contribution in [0, 0.1) is 0 Å². The Balaban J connectivity index is 2.30. The highest BCUT2D eigenvalue weighted by Crippen LogP contribution is 2.33. The summed E-state index contributed by atoms with van der Waals surface area (Å²) in [6.07, 6.45) is 0. The third-order valence-electron chi connectivity index (χ3n) is 2.26.